The highest BCUT2D eigenvalue weighted by atomic mass is 79.9. The summed E-state index contributed by atoms with van der Waals surface area (Å²) in [5.74, 6) is -0.967. The number of nitrogens with zero attached hydrogens (tertiary/aromatic N) is 1. The standard InChI is InChI=1S/C13H16BrN3O2/c14-9-2-1-3-10(8-9)17-7-4-11(13(17)19)12(18)16-6-5-15/h1-3,8,11H,4-7,15H2,(H,16,18). The molecule has 0 aliphatic carbocycles. The average Bonchev–Trinajstić information content (AvgIpc) is 2.78. The van der Waals surface area contributed by atoms with E-state index in [2.05, 4.69) is 21.2 Å². The Morgan fingerprint density at radius 1 is 1.53 bits per heavy atom. The molecule has 0 saturated carbocycles. The van der Waals surface area contributed by atoms with Gasteiger partial charge in [0.25, 0.3) is 0 Å². The number of hydrogen-bond donors (Lipinski definition) is 2. The van der Waals surface area contributed by atoms with Gasteiger partial charge in [0, 0.05) is 29.8 Å². The first kappa shape index (κ1) is 14.0. The van der Waals surface area contributed by atoms with Gasteiger partial charge in [-0.05, 0) is 24.6 Å². The summed E-state index contributed by atoms with van der Waals surface area (Å²) in [5, 5.41) is 2.67. The van der Waals surface area contributed by atoms with Gasteiger partial charge in [-0.1, -0.05) is 22.0 Å². The van der Waals surface area contributed by atoms with Gasteiger partial charge in [-0.3, -0.25) is 9.59 Å². The van der Waals surface area contributed by atoms with Crippen molar-refractivity contribution in [1.29, 1.82) is 0 Å². The molecule has 3 N–H and O–H groups in total. The van der Waals surface area contributed by atoms with Crippen LogP contribution in [0.4, 0.5) is 5.69 Å². The average molecular weight is 326 g/mol. The summed E-state index contributed by atoms with van der Waals surface area (Å²) >= 11 is 3.38. The third kappa shape index (κ3) is 3.13. The van der Waals surface area contributed by atoms with Crippen LogP contribution in [0.1, 0.15) is 6.42 Å². The maximum atomic E-state index is 12.2. The van der Waals surface area contributed by atoms with Crippen molar-refractivity contribution >= 4 is 33.4 Å². The van der Waals surface area contributed by atoms with Gasteiger partial charge < -0.3 is 16.0 Å². The van der Waals surface area contributed by atoms with Crippen LogP contribution in [0.25, 0.3) is 0 Å². The lowest BCUT2D eigenvalue weighted by atomic mass is 10.1. The molecule has 1 fully saturated rings. The van der Waals surface area contributed by atoms with Gasteiger partial charge in [-0.2, -0.15) is 0 Å². The maximum Gasteiger partial charge on any atom is 0.239 e. The van der Waals surface area contributed by atoms with Crippen LogP contribution in [0.2, 0.25) is 0 Å². The number of anilines is 1. The maximum absolute atomic E-state index is 12.2. The van der Waals surface area contributed by atoms with E-state index < -0.39 is 5.92 Å². The second kappa shape index (κ2) is 6.16. The van der Waals surface area contributed by atoms with Crippen LogP contribution in [0, 0.1) is 5.92 Å². The molecule has 19 heavy (non-hydrogen) atoms. The van der Waals surface area contributed by atoms with E-state index in [9.17, 15) is 9.59 Å². The molecule has 0 radical (unpaired) electrons. The minimum atomic E-state index is -0.592. The third-order valence-corrected chi connectivity index (χ3v) is 3.58. The van der Waals surface area contributed by atoms with Gasteiger partial charge in [-0.15, -0.1) is 0 Å². The van der Waals surface area contributed by atoms with Crippen molar-refractivity contribution in [3.63, 3.8) is 0 Å². The molecular weight excluding hydrogens is 310 g/mol. The van der Waals surface area contributed by atoms with Crippen molar-refractivity contribution in [2.24, 2.45) is 11.7 Å². The molecule has 0 spiro atoms. The fraction of sp³-hybridized carbons (Fsp3) is 0.385. The molecule has 1 aliphatic heterocycles. The summed E-state index contributed by atoms with van der Waals surface area (Å²) in [4.78, 5) is 25.7. The molecule has 0 bridgehead atoms. The molecule has 0 aromatic heterocycles. The van der Waals surface area contributed by atoms with Crippen LogP contribution in [0.3, 0.4) is 0 Å². The van der Waals surface area contributed by atoms with Crippen LogP contribution in [-0.4, -0.2) is 31.4 Å². The van der Waals surface area contributed by atoms with E-state index in [1.807, 2.05) is 24.3 Å². The number of amides is 2. The second-order valence-corrected chi connectivity index (χ2v) is 5.31. The summed E-state index contributed by atoms with van der Waals surface area (Å²) in [6.45, 7) is 1.34. The highest BCUT2D eigenvalue weighted by Gasteiger charge is 2.37. The van der Waals surface area contributed by atoms with E-state index in [-0.39, 0.29) is 11.8 Å². The van der Waals surface area contributed by atoms with Crippen LogP contribution in [0.15, 0.2) is 28.7 Å². The molecule has 2 amide bonds. The summed E-state index contributed by atoms with van der Waals surface area (Å²) in [6, 6.07) is 7.50. The topological polar surface area (TPSA) is 75.4 Å². The number of halogens is 1. The van der Waals surface area contributed by atoms with Crippen molar-refractivity contribution < 1.29 is 9.59 Å². The fourth-order valence-electron chi connectivity index (χ4n) is 2.14. The van der Waals surface area contributed by atoms with Gasteiger partial charge in [0.2, 0.25) is 11.8 Å². The van der Waals surface area contributed by atoms with Gasteiger partial charge >= 0.3 is 0 Å². The molecule has 6 heteroatoms. The van der Waals surface area contributed by atoms with Crippen molar-refractivity contribution in [2.75, 3.05) is 24.5 Å². The van der Waals surface area contributed by atoms with Crippen LogP contribution < -0.4 is 16.0 Å². The van der Waals surface area contributed by atoms with E-state index in [0.29, 0.717) is 26.1 Å². The Kier molecular flexibility index (Phi) is 4.55. The molecule has 102 valence electrons. The van der Waals surface area contributed by atoms with E-state index in [0.717, 1.165) is 10.2 Å². The number of carbonyl (C=O) groups excluding carboxylic acids is 2. The Morgan fingerprint density at radius 3 is 3.00 bits per heavy atom. The van der Waals surface area contributed by atoms with Gasteiger partial charge in [0.15, 0.2) is 0 Å². The van der Waals surface area contributed by atoms with Crippen molar-refractivity contribution in [1.82, 2.24) is 5.32 Å². The number of benzene rings is 1. The lowest BCUT2D eigenvalue weighted by Gasteiger charge is -2.17. The Balaban J connectivity index is 2.07. The Hall–Kier alpha value is -1.40. The van der Waals surface area contributed by atoms with Gasteiger partial charge in [0.1, 0.15) is 5.92 Å². The van der Waals surface area contributed by atoms with E-state index in [1.54, 1.807) is 4.90 Å². The first-order chi connectivity index (χ1) is 9.13. The zero-order valence-electron chi connectivity index (χ0n) is 10.4. The normalized spacial score (nSPS) is 18.7. The number of nitrogens with one attached hydrogen (secondary N) is 1. The SMILES string of the molecule is NCCNC(=O)C1CCN(c2cccc(Br)c2)C1=O. The Morgan fingerprint density at radius 2 is 2.32 bits per heavy atom. The molecule has 5 nitrogen and oxygen atoms in total. The number of rotatable bonds is 4. The Labute approximate surface area is 120 Å². The van der Waals surface area contributed by atoms with E-state index in [1.165, 1.54) is 0 Å². The second-order valence-electron chi connectivity index (χ2n) is 4.39. The molecule has 1 heterocycles. The first-order valence-corrected chi connectivity index (χ1v) is 6.97. The summed E-state index contributed by atoms with van der Waals surface area (Å²) < 4.78 is 0.911. The monoisotopic (exact) mass is 325 g/mol. The van der Waals surface area contributed by atoms with E-state index in [4.69, 9.17) is 5.73 Å². The lowest BCUT2D eigenvalue weighted by Crippen LogP contribution is -2.38. The largest absolute Gasteiger partial charge is 0.354 e. The number of nitrogens with two attached hydrogens (primary N) is 1. The van der Waals surface area contributed by atoms with Gasteiger partial charge in [0.05, 0.1) is 0 Å². The minimum Gasteiger partial charge on any atom is -0.354 e. The van der Waals surface area contributed by atoms with Crippen molar-refractivity contribution in [3.8, 4) is 0 Å². The molecule has 1 unspecified atom stereocenters. The van der Waals surface area contributed by atoms with Crippen LogP contribution in [-0.2, 0) is 9.59 Å². The number of carbonyl (C=O) groups is 2. The highest BCUT2D eigenvalue weighted by molar-refractivity contribution is 9.10. The number of hydrogen-bond acceptors (Lipinski definition) is 3. The summed E-state index contributed by atoms with van der Waals surface area (Å²) in [6.07, 6.45) is 0.543. The van der Waals surface area contributed by atoms with Crippen molar-refractivity contribution in [2.45, 2.75) is 6.42 Å². The zero-order chi connectivity index (χ0) is 13.8. The summed E-state index contributed by atoms with van der Waals surface area (Å²) in [7, 11) is 0. The molecule has 1 aliphatic rings. The smallest absolute Gasteiger partial charge is 0.239 e. The van der Waals surface area contributed by atoms with E-state index >= 15 is 0 Å². The molecule has 2 rings (SSSR count). The minimum absolute atomic E-state index is 0.146. The molecule has 1 aromatic carbocycles. The molecule has 1 aromatic rings. The van der Waals surface area contributed by atoms with Crippen LogP contribution >= 0.6 is 15.9 Å². The first-order valence-electron chi connectivity index (χ1n) is 6.18. The lowest BCUT2D eigenvalue weighted by molar-refractivity contribution is -0.132. The molecular formula is C13H16BrN3O2. The molecule has 1 atom stereocenters. The Bertz CT molecular complexity index is 493. The predicted molar refractivity (Wildman–Crippen MR) is 76.7 cm³/mol. The quantitative estimate of drug-likeness (QED) is 0.807. The zero-order valence-corrected chi connectivity index (χ0v) is 12.0. The summed E-state index contributed by atoms with van der Waals surface area (Å²) in [5.41, 5.74) is 6.14. The van der Waals surface area contributed by atoms with Crippen LogP contribution in [0.5, 0.6) is 0 Å². The third-order valence-electron chi connectivity index (χ3n) is 3.09. The fourth-order valence-corrected chi connectivity index (χ4v) is 2.53. The highest BCUT2D eigenvalue weighted by Crippen LogP contribution is 2.27. The van der Waals surface area contributed by atoms with Crippen molar-refractivity contribution in [3.05, 3.63) is 28.7 Å². The van der Waals surface area contributed by atoms with Gasteiger partial charge in [-0.25, -0.2) is 0 Å². The predicted octanol–water partition coefficient (Wildman–Crippen LogP) is 0.877. The molecule has 1 saturated heterocycles.